The molecule has 0 atom stereocenters. The lowest BCUT2D eigenvalue weighted by molar-refractivity contribution is 0.439. The molecule has 0 aromatic carbocycles. The number of piperidine rings is 1. The Morgan fingerprint density at radius 2 is 1.86 bits per heavy atom. The highest BCUT2D eigenvalue weighted by molar-refractivity contribution is 5.29. The lowest BCUT2D eigenvalue weighted by Crippen LogP contribution is -2.41. The zero-order chi connectivity index (χ0) is 14.9. The number of anilines is 1. The van der Waals surface area contributed by atoms with Gasteiger partial charge in [0.05, 0.1) is 0 Å². The average Bonchev–Trinajstić information content (AvgIpc) is 3.00. The molecule has 21 heavy (non-hydrogen) atoms. The van der Waals surface area contributed by atoms with E-state index in [1.165, 1.54) is 51.4 Å². The Bertz CT molecular complexity index is 382. The fourth-order valence-corrected chi connectivity index (χ4v) is 2.98. The molecule has 0 saturated carbocycles. The van der Waals surface area contributed by atoms with Crippen molar-refractivity contribution in [2.24, 2.45) is 0 Å². The van der Waals surface area contributed by atoms with E-state index in [2.05, 4.69) is 32.3 Å². The van der Waals surface area contributed by atoms with Crippen LogP contribution in [0.3, 0.4) is 0 Å². The van der Waals surface area contributed by atoms with Crippen molar-refractivity contribution in [2.45, 2.75) is 70.8 Å². The molecule has 2 rings (SSSR count). The molecule has 1 aromatic heterocycles. The minimum Gasteiger partial charge on any atom is -0.339 e. The first-order valence-corrected chi connectivity index (χ1v) is 8.67. The van der Waals surface area contributed by atoms with Crippen LogP contribution in [0.5, 0.6) is 0 Å². The van der Waals surface area contributed by atoms with Gasteiger partial charge in [0.15, 0.2) is 0 Å². The number of aromatic nitrogens is 3. The van der Waals surface area contributed by atoms with Gasteiger partial charge in [-0.3, -0.25) is 5.10 Å². The van der Waals surface area contributed by atoms with Gasteiger partial charge in [-0.2, -0.15) is 4.98 Å². The van der Waals surface area contributed by atoms with Crippen LogP contribution in [-0.4, -0.2) is 41.4 Å². The molecule has 1 aromatic rings. The van der Waals surface area contributed by atoms with Crippen molar-refractivity contribution in [1.82, 2.24) is 20.5 Å². The second kappa shape index (κ2) is 9.03. The Balaban J connectivity index is 1.67. The predicted octanol–water partition coefficient (Wildman–Crippen LogP) is 2.90. The van der Waals surface area contributed by atoms with Crippen molar-refractivity contribution in [3.05, 3.63) is 5.82 Å². The summed E-state index contributed by atoms with van der Waals surface area (Å²) in [5.41, 5.74) is 0. The minimum atomic E-state index is 0.655. The summed E-state index contributed by atoms with van der Waals surface area (Å²) in [7, 11) is 2.05. The summed E-state index contributed by atoms with van der Waals surface area (Å²) in [6.07, 6.45) is 11.3. The zero-order valence-electron chi connectivity index (χ0n) is 13.7. The van der Waals surface area contributed by atoms with Crippen LogP contribution in [0.15, 0.2) is 0 Å². The molecule has 0 unspecified atom stereocenters. The molecule has 1 aliphatic rings. The summed E-state index contributed by atoms with van der Waals surface area (Å²) in [5, 5.41) is 10.9. The zero-order valence-corrected chi connectivity index (χ0v) is 13.7. The van der Waals surface area contributed by atoms with Crippen molar-refractivity contribution >= 4 is 5.95 Å². The molecule has 0 radical (unpaired) electrons. The van der Waals surface area contributed by atoms with Gasteiger partial charge in [0.25, 0.3) is 0 Å². The van der Waals surface area contributed by atoms with Crippen LogP contribution < -0.4 is 10.2 Å². The van der Waals surface area contributed by atoms with Gasteiger partial charge in [-0.25, -0.2) is 0 Å². The fraction of sp³-hybridized carbons (Fsp3) is 0.875. The molecule has 2 heterocycles. The van der Waals surface area contributed by atoms with Crippen LogP contribution in [0.1, 0.15) is 64.1 Å². The van der Waals surface area contributed by atoms with E-state index in [0.29, 0.717) is 6.04 Å². The van der Waals surface area contributed by atoms with E-state index in [9.17, 15) is 0 Å². The maximum absolute atomic E-state index is 4.66. The summed E-state index contributed by atoms with van der Waals surface area (Å²) in [4.78, 5) is 6.96. The second-order valence-electron chi connectivity index (χ2n) is 6.15. The predicted molar refractivity (Wildman–Crippen MR) is 87.8 cm³/mol. The number of unbranched alkanes of at least 4 members (excludes halogenated alkanes) is 5. The third kappa shape index (κ3) is 5.30. The van der Waals surface area contributed by atoms with Crippen LogP contribution in [-0.2, 0) is 6.42 Å². The molecule has 2 N–H and O–H groups in total. The highest BCUT2D eigenvalue weighted by Crippen LogP contribution is 2.16. The molecule has 0 spiro atoms. The van der Waals surface area contributed by atoms with Gasteiger partial charge in [0.1, 0.15) is 5.82 Å². The highest BCUT2D eigenvalue weighted by atomic mass is 15.4. The summed E-state index contributed by atoms with van der Waals surface area (Å²) in [6, 6.07) is 0.655. The largest absolute Gasteiger partial charge is 0.339 e. The first kappa shape index (κ1) is 16.3. The smallest absolute Gasteiger partial charge is 0.244 e. The number of nitrogens with one attached hydrogen (secondary N) is 2. The first-order chi connectivity index (χ1) is 10.3. The molecule has 0 bridgehead atoms. The first-order valence-electron chi connectivity index (χ1n) is 8.67. The van der Waals surface area contributed by atoms with Gasteiger partial charge in [-0.15, -0.1) is 5.10 Å². The number of aromatic amines is 1. The summed E-state index contributed by atoms with van der Waals surface area (Å²) >= 11 is 0. The Morgan fingerprint density at radius 1 is 1.14 bits per heavy atom. The molecule has 5 nitrogen and oxygen atoms in total. The Morgan fingerprint density at radius 3 is 2.57 bits per heavy atom. The van der Waals surface area contributed by atoms with Gasteiger partial charge in [-0.1, -0.05) is 39.0 Å². The SMILES string of the molecule is CCCCCCCCc1nc(N2CCC(NC)CC2)n[nH]1. The molecular formula is C16H31N5. The third-order valence-electron chi connectivity index (χ3n) is 4.47. The monoisotopic (exact) mass is 293 g/mol. The van der Waals surface area contributed by atoms with Crippen LogP contribution >= 0.6 is 0 Å². The second-order valence-corrected chi connectivity index (χ2v) is 6.15. The van der Waals surface area contributed by atoms with E-state index in [4.69, 9.17) is 0 Å². The number of hydrogen-bond acceptors (Lipinski definition) is 4. The third-order valence-corrected chi connectivity index (χ3v) is 4.47. The molecule has 1 fully saturated rings. The van der Waals surface area contributed by atoms with Crippen molar-refractivity contribution in [2.75, 3.05) is 25.0 Å². The topological polar surface area (TPSA) is 56.8 Å². The summed E-state index contributed by atoms with van der Waals surface area (Å²) in [6.45, 7) is 4.37. The molecule has 120 valence electrons. The van der Waals surface area contributed by atoms with Crippen LogP contribution in [0.25, 0.3) is 0 Å². The molecule has 0 aliphatic carbocycles. The van der Waals surface area contributed by atoms with Gasteiger partial charge >= 0.3 is 0 Å². The Kier molecular flexibility index (Phi) is 7.00. The van der Waals surface area contributed by atoms with E-state index in [1.54, 1.807) is 0 Å². The number of hydrogen-bond donors (Lipinski definition) is 2. The number of aryl methyl sites for hydroxylation is 1. The number of rotatable bonds is 9. The molecular weight excluding hydrogens is 262 g/mol. The van der Waals surface area contributed by atoms with E-state index >= 15 is 0 Å². The lowest BCUT2D eigenvalue weighted by Gasteiger charge is -2.30. The molecule has 0 amide bonds. The maximum Gasteiger partial charge on any atom is 0.244 e. The van der Waals surface area contributed by atoms with Gasteiger partial charge < -0.3 is 10.2 Å². The van der Waals surface area contributed by atoms with Crippen LogP contribution in [0.2, 0.25) is 0 Å². The Hall–Kier alpha value is -1.10. The van der Waals surface area contributed by atoms with Crippen LogP contribution in [0.4, 0.5) is 5.95 Å². The van der Waals surface area contributed by atoms with E-state index in [0.717, 1.165) is 31.3 Å². The van der Waals surface area contributed by atoms with Crippen molar-refractivity contribution in [3.8, 4) is 0 Å². The van der Waals surface area contributed by atoms with Crippen molar-refractivity contribution in [3.63, 3.8) is 0 Å². The Labute approximate surface area is 128 Å². The highest BCUT2D eigenvalue weighted by Gasteiger charge is 2.20. The number of H-pyrrole nitrogens is 1. The lowest BCUT2D eigenvalue weighted by atomic mass is 10.1. The summed E-state index contributed by atoms with van der Waals surface area (Å²) in [5.74, 6) is 1.95. The average molecular weight is 293 g/mol. The maximum atomic E-state index is 4.66. The number of nitrogens with zero attached hydrogens (tertiary/aromatic N) is 3. The summed E-state index contributed by atoms with van der Waals surface area (Å²) < 4.78 is 0. The normalized spacial score (nSPS) is 16.6. The van der Waals surface area contributed by atoms with Gasteiger partial charge in [0, 0.05) is 25.6 Å². The van der Waals surface area contributed by atoms with E-state index in [1.807, 2.05) is 7.05 Å². The minimum absolute atomic E-state index is 0.655. The molecule has 1 aliphatic heterocycles. The van der Waals surface area contributed by atoms with Crippen LogP contribution in [0, 0.1) is 0 Å². The van der Waals surface area contributed by atoms with E-state index in [-0.39, 0.29) is 0 Å². The van der Waals surface area contributed by atoms with E-state index < -0.39 is 0 Å². The quantitative estimate of drug-likeness (QED) is 0.687. The van der Waals surface area contributed by atoms with Crippen molar-refractivity contribution in [1.29, 1.82) is 0 Å². The van der Waals surface area contributed by atoms with Gasteiger partial charge in [0.2, 0.25) is 5.95 Å². The van der Waals surface area contributed by atoms with Gasteiger partial charge in [-0.05, 0) is 26.3 Å². The standard InChI is InChI=1S/C16H31N5/c1-3-4-5-6-7-8-9-15-18-16(20-19-15)21-12-10-14(17-2)11-13-21/h14,17H,3-13H2,1-2H3,(H,18,19,20). The fourth-order valence-electron chi connectivity index (χ4n) is 2.98. The molecule has 1 saturated heterocycles. The molecule has 5 heteroatoms. The van der Waals surface area contributed by atoms with Crippen molar-refractivity contribution < 1.29 is 0 Å².